The Kier molecular flexibility index (Phi) is 3.90. The normalized spacial score (nSPS) is 10.7. The molecule has 0 saturated carbocycles. The van der Waals surface area contributed by atoms with Crippen molar-refractivity contribution in [2.75, 3.05) is 13.7 Å². The molecule has 4 nitrogen and oxygen atoms in total. The number of para-hydroxylation sites is 1. The van der Waals surface area contributed by atoms with Crippen LogP contribution in [0.2, 0.25) is 0 Å². The molecule has 2 rings (SSSR count). The molecule has 0 fully saturated rings. The van der Waals surface area contributed by atoms with Gasteiger partial charge in [0.2, 0.25) is 0 Å². The molecule has 4 heteroatoms. The molecule has 0 atom stereocenters. The van der Waals surface area contributed by atoms with Gasteiger partial charge in [-0.2, -0.15) is 5.10 Å². The van der Waals surface area contributed by atoms with Crippen LogP contribution >= 0.6 is 0 Å². The zero-order valence-corrected chi connectivity index (χ0v) is 9.97. The molecular formula is C13H17N3O. The first kappa shape index (κ1) is 11.8. The Morgan fingerprint density at radius 2 is 2.12 bits per heavy atom. The standard InChI is InChI=1S/C13H17N3O/c1-17-9-7-11-4-2-3-5-13(11)16-8-6-12(10-14)15-16/h2-6,8H,7,9-10,14H2,1H3. The van der Waals surface area contributed by atoms with Crippen LogP contribution in [0, 0.1) is 0 Å². The highest BCUT2D eigenvalue weighted by molar-refractivity contribution is 5.40. The van der Waals surface area contributed by atoms with E-state index in [1.807, 2.05) is 29.1 Å². The van der Waals surface area contributed by atoms with Gasteiger partial charge < -0.3 is 10.5 Å². The molecule has 0 aliphatic heterocycles. The van der Waals surface area contributed by atoms with Gasteiger partial charge >= 0.3 is 0 Å². The van der Waals surface area contributed by atoms with Gasteiger partial charge in [0.25, 0.3) is 0 Å². The van der Waals surface area contributed by atoms with Crippen LogP contribution in [0.15, 0.2) is 36.5 Å². The summed E-state index contributed by atoms with van der Waals surface area (Å²) in [4.78, 5) is 0. The Morgan fingerprint density at radius 1 is 1.29 bits per heavy atom. The summed E-state index contributed by atoms with van der Waals surface area (Å²) in [5.74, 6) is 0. The molecule has 1 aromatic carbocycles. The summed E-state index contributed by atoms with van der Waals surface area (Å²) in [5.41, 5.74) is 8.77. The number of aromatic nitrogens is 2. The molecule has 1 heterocycles. The first-order chi connectivity index (χ1) is 8.35. The third-order valence-electron chi connectivity index (χ3n) is 2.67. The van der Waals surface area contributed by atoms with Crippen LogP contribution in [-0.4, -0.2) is 23.5 Å². The molecule has 0 spiro atoms. The Morgan fingerprint density at radius 3 is 2.82 bits per heavy atom. The van der Waals surface area contributed by atoms with Gasteiger partial charge in [-0.15, -0.1) is 0 Å². The second-order valence-corrected chi connectivity index (χ2v) is 3.83. The summed E-state index contributed by atoms with van der Waals surface area (Å²) >= 11 is 0. The highest BCUT2D eigenvalue weighted by Gasteiger charge is 2.05. The molecule has 2 N–H and O–H groups in total. The molecule has 2 aromatic rings. The summed E-state index contributed by atoms with van der Waals surface area (Å²) < 4.78 is 6.98. The van der Waals surface area contributed by atoms with Crippen molar-refractivity contribution in [3.05, 3.63) is 47.8 Å². The van der Waals surface area contributed by atoms with E-state index in [1.54, 1.807) is 7.11 Å². The van der Waals surface area contributed by atoms with Crippen LogP contribution < -0.4 is 5.73 Å². The summed E-state index contributed by atoms with van der Waals surface area (Å²) in [7, 11) is 1.71. The topological polar surface area (TPSA) is 53.1 Å². The van der Waals surface area contributed by atoms with E-state index in [1.165, 1.54) is 5.56 Å². The monoisotopic (exact) mass is 231 g/mol. The lowest BCUT2D eigenvalue weighted by Gasteiger charge is -2.08. The summed E-state index contributed by atoms with van der Waals surface area (Å²) in [5, 5.41) is 4.42. The van der Waals surface area contributed by atoms with E-state index >= 15 is 0 Å². The average Bonchev–Trinajstić information content (AvgIpc) is 2.85. The minimum atomic E-state index is 0.466. The van der Waals surface area contributed by atoms with Gasteiger partial charge in [-0.1, -0.05) is 18.2 Å². The maximum atomic E-state index is 5.56. The lowest BCUT2D eigenvalue weighted by molar-refractivity contribution is 0.202. The number of nitrogens with zero attached hydrogens (tertiary/aromatic N) is 2. The lowest BCUT2D eigenvalue weighted by atomic mass is 10.1. The maximum Gasteiger partial charge on any atom is 0.0764 e. The Hall–Kier alpha value is -1.65. The smallest absolute Gasteiger partial charge is 0.0764 e. The molecule has 0 bridgehead atoms. The molecule has 1 aromatic heterocycles. The molecule has 0 saturated heterocycles. The van der Waals surface area contributed by atoms with E-state index in [0.29, 0.717) is 13.2 Å². The van der Waals surface area contributed by atoms with E-state index in [9.17, 15) is 0 Å². The molecule has 0 aliphatic rings. The second kappa shape index (κ2) is 5.61. The number of rotatable bonds is 5. The van der Waals surface area contributed by atoms with Crippen molar-refractivity contribution in [2.45, 2.75) is 13.0 Å². The van der Waals surface area contributed by atoms with Crippen LogP contribution in [0.3, 0.4) is 0 Å². The fourth-order valence-corrected chi connectivity index (χ4v) is 1.76. The van der Waals surface area contributed by atoms with Gasteiger partial charge in [-0.25, -0.2) is 4.68 Å². The molecule has 90 valence electrons. The van der Waals surface area contributed by atoms with E-state index in [4.69, 9.17) is 10.5 Å². The largest absolute Gasteiger partial charge is 0.384 e. The predicted octanol–water partition coefficient (Wildman–Crippen LogP) is 1.52. The van der Waals surface area contributed by atoms with Gasteiger partial charge in [0, 0.05) is 19.9 Å². The van der Waals surface area contributed by atoms with Crippen molar-refractivity contribution in [1.29, 1.82) is 0 Å². The lowest BCUT2D eigenvalue weighted by Crippen LogP contribution is -2.04. The second-order valence-electron chi connectivity index (χ2n) is 3.83. The Balaban J connectivity index is 2.30. The third-order valence-corrected chi connectivity index (χ3v) is 2.67. The van der Waals surface area contributed by atoms with Gasteiger partial charge in [-0.3, -0.25) is 0 Å². The predicted molar refractivity (Wildman–Crippen MR) is 67.0 cm³/mol. The third kappa shape index (κ3) is 2.72. The fourth-order valence-electron chi connectivity index (χ4n) is 1.76. The fraction of sp³-hybridized carbons (Fsp3) is 0.308. The molecular weight excluding hydrogens is 214 g/mol. The van der Waals surface area contributed by atoms with Crippen molar-refractivity contribution < 1.29 is 4.74 Å². The van der Waals surface area contributed by atoms with E-state index < -0.39 is 0 Å². The average molecular weight is 231 g/mol. The van der Waals surface area contributed by atoms with Crippen molar-refractivity contribution in [3.63, 3.8) is 0 Å². The van der Waals surface area contributed by atoms with Crippen molar-refractivity contribution >= 4 is 0 Å². The molecule has 0 amide bonds. The molecule has 0 aliphatic carbocycles. The van der Waals surface area contributed by atoms with E-state index in [-0.39, 0.29) is 0 Å². The zero-order valence-electron chi connectivity index (χ0n) is 9.97. The number of ether oxygens (including phenoxy) is 1. The molecule has 0 radical (unpaired) electrons. The minimum absolute atomic E-state index is 0.466. The van der Waals surface area contributed by atoms with Crippen LogP contribution in [-0.2, 0) is 17.7 Å². The highest BCUT2D eigenvalue weighted by atomic mass is 16.5. The Bertz CT molecular complexity index is 479. The van der Waals surface area contributed by atoms with Crippen LogP contribution in [0.4, 0.5) is 0 Å². The van der Waals surface area contributed by atoms with Crippen LogP contribution in [0.5, 0.6) is 0 Å². The summed E-state index contributed by atoms with van der Waals surface area (Å²) in [6.07, 6.45) is 2.82. The van der Waals surface area contributed by atoms with Crippen LogP contribution in [0.1, 0.15) is 11.3 Å². The zero-order chi connectivity index (χ0) is 12.1. The van der Waals surface area contributed by atoms with Gasteiger partial charge in [0.15, 0.2) is 0 Å². The van der Waals surface area contributed by atoms with E-state index in [0.717, 1.165) is 17.8 Å². The summed E-state index contributed by atoms with van der Waals surface area (Å²) in [6, 6.07) is 10.1. The first-order valence-corrected chi connectivity index (χ1v) is 5.67. The number of methoxy groups -OCH3 is 1. The number of benzene rings is 1. The number of hydrogen-bond acceptors (Lipinski definition) is 3. The molecule has 17 heavy (non-hydrogen) atoms. The summed E-state index contributed by atoms with van der Waals surface area (Å²) in [6.45, 7) is 1.18. The quantitative estimate of drug-likeness (QED) is 0.848. The van der Waals surface area contributed by atoms with Crippen molar-refractivity contribution in [2.24, 2.45) is 5.73 Å². The van der Waals surface area contributed by atoms with Crippen LogP contribution in [0.25, 0.3) is 5.69 Å². The van der Waals surface area contributed by atoms with Crippen molar-refractivity contribution in [3.8, 4) is 5.69 Å². The van der Waals surface area contributed by atoms with Gasteiger partial charge in [0.1, 0.15) is 0 Å². The molecule has 0 unspecified atom stereocenters. The van der Waals surface area contributed by atoms with E-state index in [2.05, 4.69) is 17.2 Å². The van der Waals surface area contributed by atoms with Gasteiger partial charge in [0.05, 0.1) is 18.0 Å². The number of nitrogens with two attached hydrogens (primary N) is 1. The highest BCUT2D eigenvalue weighted by Crippen LogP contribution is 2.14. The SMILES string of the molecule is COCCc1ccccc1-n1ccc(CN)n1. The van der Waals surface area contributed by atoms with Crippen molar-refractivity contribution in [1.82, 2.24) is 9.78 Å². The Labute approximate surface area is 101 Å². The van der Waals surface area contributed by atoms with Gasteiger partial charge in [-0.05, 0) is 24.1 Å². The number of hydrogen-bond donors (Lipinski definition) is 1. The maximum absolute atomic E-state index is 5.56. The first-order valence-electron chi connectivity index (χ1n) is 5.67. The minimum Gasteiger partial charge on any atom is -0.384 e.